The van der Waals surface area contributed by atoms with Gasteiger partial charge in [-0.1, -0.05) is 18.2 Å². The van der Waals surface area contributed by atoms with Crippen LogP contribution in [0.3, 0.4) is 0 Å². The highest BCUT2D eigenvalue weighted by atomic mass is 16.5. The lowest BCUT2D eigenvalue weighted by Crippen LogP contribution is -2.35. The third-order valence-electron chi connectivity index (χ3n) is 4.66. The second-order valence-corrected chi connectivity index (χ2v) is 6.20. The number of carbonyl (C=O) groups excluding carboxylic acids is 1. The average molecular weight is 288 g/mol. The summed E-state index contributed by atoms with van der Waals surface area (Å²) in [5, 5.41) is 3.39. The van der Waals surface area contributed by atoms with Crippen molar-refractivity contribution in [3.05, 3.63) is 29.8 Å². The number of para-hydroxylation sites is 1. The molecule has 1 aromatic rings. The smallest absolute Gasteiger partial charge is 0.223 e. The molecule has 0 aromatic heterocycles. The van der Waals surface area contributed by atoms with Gasteiger partial charge in [-0.25, -0.2) is 0 Å². The highest BCUT2D eigenvalue weighted by molar-refractivity contribution is 5.78. The molecule has 2 heterocycles. The summed E-state index contributed by atoms with van der Waals surface area (Å²) in [7, 11) is 1.94. The monoisotopic (exact) mass is 288 g/mol. The van der Waals surface area contributed by atoms with Crippen molar-refractivity contribution in [1.82, 2.24) is 4.90 Å². The minimum atomic E-state index is 0.255. The minimum Gasteiger partial charge on any atom is -0.384 e. The summed E-state index contributed by atoms with van der Waals surface area (Å²) < 4.78 is 5.38. The number of nitrogens with one attached hydrogen (secondary N) is 1. The zero-order valence-electron chi connectivity index (χ0n) is 12.7. The largest absolute Gasteiger partial charge is 0.384 e. The van der Waals surface area contributed by atoms with Gasteiger partial charge in [-0.2, -0.15) is 0 Å². The number of nitrogens with zero attached hydrogens (tertiary/aromatic N) is 1. The minimum absolute atomic E-state index is 0.255. The van der Waals surface area contributed by atoms with Gasteiger partial charge >= 0.3 is 0 Å². The van der Waals surface area contributed by atoms with E-state index < -0.39 is 0 Å². The van der Waals surface area contributed by atoms with Crippen LogP contribution in [-0.4, -0.2) is 44.2 Å². The topological polar surface area (TPSA) is 41.6 Å². The molecule has 0 radical (unpaired) electrons. The summed E-state index contributed by atoms with van der Waals surface area (Å²) >= 11 is 0. The highest BCUT2D eigenvalue weighted by Gasteiger charge is 2.26. The number of carbonyl (C=O) groups is 1. The fraction of sp³-hybridized carbons (Fsp3) is 0.588. The number of hydrogen-bond acceptors (Lipinski definition) is 3. The molecule has 114 valence electrons. The van der Waals surface area contributed by atoms with Crippen LogP contribution in [0.5, 0.6) is 0 Å². The van der Waals surface area contributed by atoms with Crippen LogP contribution in [0.15, 0.2) is 24.3 Å². The maximum absolute atomic E-state index is 12.4. The average Bonchev–Trinajstić information content (AvgIpc) is 2.91. The Labute approximate surface area is 126 Å². The number of amides is 1. The maximum atomic E-state index is 12.4. The zero-order chi connectivity index (χ0) is 14.7. The van der Waals surface area contributed by atoms with E-state index in [-0.39, 0.29) is 5.91 Å². The van der Waals surface area contributed by atoms with Gasteiger partial charge < -0.3 is 15.0 Å². The van der Waals surface area contributed by atoms with Gasteiger partial charge in [0.15, 0.2) is 0 Å². The van der Waals surface area contributed by atoms with Crippen LogP contribution in [0, 0.1) is 5.92 Å². The lowest BCUT2D eigenvalue weighted by atomic mass is 9.96. The van der Waals surface area contributed by atoms with Crippen LogP contribution in [-0.2, 0) is 9.53 Å². The summed E-state index contributed by atoms with van der Waals surface area (Å²) in [5.41, 5.74) is 2.47. The third-order valence-corrected chi connectivity index (χ3v) is 4.66. The quantitative estimate of drug-likeness (QED) is 0.925. The van der Waals surface area contributed by atoms with Crippen molar-refractivity contribution in [1.29, 1.82) is 0 Å². The van der Waals surface area contributed by atoms with Gasteiger partial charge in [0.2, 0.25) is 5.91 Å². The van der Waals surface area contributed by atoms with Crippen molar-refractivity contribution in [3.63, 3.8) is 0 Å². The van der Waals surface area contributed by atoms with Crippen molar-refractivity contribution in [2.45, 2.75) is 25.2 Å². The summed E-state index contributed by atoms with van der Waals surface area (Å²) in [6.07, 6.45) is 2.75. The normalized spacial score (nSPS) is 21.7. The SMILES string of the molecule is CN(CC1CCOCC1)C(=O)CC1CNc2ccccc21. The second-order valence-electron chi connectivity index (χ2n) is 6.20. The number of benzene rings is 1. The molecule has 1 atom stereocenters. The van der Waals surface area contributed by atoms with E-state index in [1.165, 1.54) is 11.3 Å². The summed E-state index contributed by atoms with van der Waals surface area (Å²) in [5.74, 6) is 1.16. The van der Waals surface area contributed by atoms with Crippen LogP contribution in [0.4, 0.5) is 5.69 Å². The lowest BCUT2D eigenvalue weighted by molar-refractivity contribution is -0.131. The summed E-state index contributed by atoms with van der Waals surface area (Å²) in [6.45, 7) is 3.42. The molecule has 2 aliphatic heterocycles. The lowest BCUT2D eigenvalue weighted by Gasteiger charge is -2.27. The molecule has 3 rings (SSSR count). The molecular weight excluding hydrogens is 264 g/mol. The molecule has 21 heavy (non-hydrogen) atoms. The summed E-state index contributed by atoms with van der Waals surface area (Å²) in [6, 6.07) is 8.31. The van der Waals surface area contributed by atoms with E-state index in [2.05, 4.69) is 23.5 Å². The van der Waals surface area contributed by atoms with Gasteiger partial charge in [0.05, 0.1) is 0 Å². The Balaban J connectivity index is 1.54. The first-order chi connectivity index (χ1) is 10.2. The molecule has 2 aliphatic rings. The van der Waals surface area contributed by atoms with Gasteiger partial charge in [0, 0.05) is 51.4 Å². The van der Waals surface area contributed by atoms with Crippen molar-refractivity contribution in [2.75, 3.05) is 38.7 Å². The number of rotatable bonds is 4. The van der Waals surface area contributed by atoms with Crippen molar-refractivity contribution >= 4 is 11.6 Å². The van der Waals surface area contributed by atoms with Crippen molar-refractivity contribution in [2.24, 2.45) is 5.92 Å². The molecular formula is C17H24N2O2. The molecule has 0 bridgehead atoms. The second kappa shape index (κ2) is 6.48. The van der Waals surface area contributed by atoms with Gasteiger partial charge in [-0.3, -0.25) is 4.79 Å². The molecule has 1 unspecified atom stereocenters. The van der Waals surface area contributed by atoms with E-state index in [0.717, 1.165) is 39.1 Å². The van der Waals surface area contributed by atoms with Crippen LogP contribution >= 0.6 is 0 Å². The fourth-order valence-electron chi connectivity index (χ4n) is 3.32. The zero-order valence-corrected chi connectivity index (χ0v) is 12.7. The Bertz CT molecular complexity index is 497. The molecule has 1 amide bonds. The standard InChI is InChI=1S/C17H24N2O2/c1-19(12-13-6-8-21-9-7-13)17(20)10-14-11-18-16-5-3-2-4-15(14)16/h2-5,13-14,18H,6-12H2,1H3. The molecule has 0 saturated carbocycles. The number of hydrogen-bond donors (Lipinski definition) is 1. The van der Waals surface area contributed by atoms with E-state index in [1.807, 2.05) is 18.0 Å². The Morgan fingerprint density at radius 2 is 2.10 bits per heavy atom. The summed E-state index contributed by atoms with van der Waals surface area (Å²) in [4.78, 5) is 14.4. The Kier molecular flexibility index (Phi) is 4.44. The number of anilines is 1. The predicted molar refractivity (Wildman–Crippen MR) is 83.5 cm³/mol. The molecule has 1 fully saturated rings. The Morgan fingerprint density at radius 1 is 1.33 bits per heavy atom. The first-order valence-corrected chi connectivity index (χ1v) is 7.88. The van der Waals surface area contributed by atoms with E-state index in [1.54, 1.807) is 0 Å². The Morgan fingerprint density at radius 3 is 2.90 bits per heavy atom. The first kappa shape index (κ1) is 14.4. The van der Waals surface area contributed by atoms with E-state index in [4.69, 9.17) is 4.74 Å². The first-order valence-electron chi connectivity index (χ1n) is 7.88. The molecule has 4 heteroatoms. The third kappa shape index (κ3) is 3.38. The number of fused-ring (bicyclic) bond motifs is 1. The van der Waals surface area contributed by atoms with Crippen LogP contribution < -0.4 is 5.32 Å². The van der Waals surface area contributed by atoms with Gasteiger partial charge in [0.1, 0.15) is 0 Å². The van der Waals surface area contributed by atoms with Gasteiger partial charge in [0.25, 0.3) is 0 Å². The van der Waals surface area contributed by atoms with Gasteiger partial charge in [-0.15, -0.1) is 0 Å². The molecule has 4 nitrogen and oxygen atoms in total. The molecule has 1 aromatic carbocycles. The van der Waals surface area contributed by atoms with Crippen LogP contribution in [0.25, 0.3) is 0 Å². The molecule has 1 saturated heterocycles. The van der Waals surface area contributed by atoms with E-state index >= 15 is 0 Å². The van der Waals surface area contributed by atoms with Crippen molar-refractivity contribution < 1.29 is 9.53 Å². The van der Waals surface area contributed by atoms with Crippen molar-refractivity contribution in [3.8, 4) is 0 Å². The fourth-order valence-corrected chi connectivity index (χ4v) is 3.32. The van der Waals surface area contributed by atoms with Crippen LogP contribution in [0.1, 0.15) is 30.7 Å². The van der Waals surface area contributed by atoms with E-state index in [0.29, 0.717) is 18.3 Å². The number of ether oxygens (including phenoxy) is 1. The highest BCUT2D eigenvalue weighted by Crippen LogP contribution is 2.33. The predicted octanol–water partition coefficient (Wildman–Crippen LogP) is 2.47. The van der Waals surface area contributed by atoms with Crippen LogP contribution in [0.2, 0.25) is 0 Å². The molecule has 0 aliphatic carbocycles. The van der Waals surface area contributed by atoms with Gasteiger partial charge in [-0.05, 0) is 30.4 Å². The Hall–Kier alpha value is -1.55. The molecule has 0 spiro atoms. The maximum Gasteiger partial charge on any atom is 0.223 e. The van der Waals surface area contributed by atoms with E-state index in [9.17, 15) is 4.79 Å². The molecule has 1 N–H and O–H groups in total.